The molecule has 2 rings (SSSR count). The van der Waals surface area contributed by atoms with E-state index >= 15 is 0 Å². The van der Waals surface area contributed by atoms with Gasteiger partial charge in [0.05, 0.1) is 24.4 Å². The Bertz CT molecular complexity index is 534. The lowest BCUT2D eigenvalue weighted by molar-refractivity contribution is -0.665. The van der Waals surface area contributed by atoms with Gasteiger partial charge in [0.15, 0.2) is 0 Å². The van der Waals surface area contributed by atoms with E-state index in [1.807, 2.05) is 13.8 Å². The van der Waals surface area contributed by atoms with E-state index in [0.717, 1.165) is 31.5 Å². The van der Waals surface area contributed by atoms with Crippen LogP contribution in [0, 0.1) is 16.0 Å². The topological polar surface area (TPSA) is 86.0 Å². The number of benzene rings is 1. The van der Waals surface area contributed by atoms with Crippen LogP contribution in [0.25, 0.3) is 0 Å². The van der Waals surface area contributed by atoms with Crippen LogP contribution in [0.5, 0.6) is 0 Å². The normalized spacial score (nSPS) is 16.3. The number of piperidine rings is 1. The number of hydrogen-bond acceptors (Lipinski definition) is 4. The van der Waals surface area contributed by atoms with Crippen molar-refractivity contribution in [2.45, 2.75) is 38.7 Å². The van der Waals surface area contributed by atoms with Crippen molar-refractivity contribution in [1.29, 1.82) is 0 Å². The standard InChI is InChI=1S/C16H22N2O4/c1-16(2,13-7-9-17-10-8-13)22-15(19)11-12-3-5-14(6-4-12)18(20)21/h3-6,13,17H,7-11H2,1-2H3/p+1. The lowest BCUT2D eigenvalue weighted by Crippen LogP contribution is -2.86. The molecule has 1 heterocycles. The molecule has 22 heavy (non-hydrogen) atoms. The molecule has 0 aliphatic carbocycles. The molecule has 0 radical (unpaired) electrons. The summed E-state index contributed by atoms with van der Waals surface area (Å²) in [6.07, 6.45) is 2.25. The van der Waals surface area contributed by atoms with Crippen LogP contribution in [-0.2, 0) is 16.0 Å². The molecule has 0 aromatic heterocycles. The Morgan fingerprint density at radius 1 is 1.32 bits per heavy atom. The van der Waals surface area contributed by atoms with Crippen LogP contribution >= 0.6 is 0 Å². The second kappa shape index (κ2) is 6.87. The molecule has 0 saturated carbocycles. The van der Waals surface area contributed by atoms with Crippen LogP contribution in [0.15, 0.2) is 24.3 Å². The van der Waals surface area contributed by atoms with E-state index in [9.17, 15) is 14.9 Å². The minimum absolute atomic E-state index is 0.0240. The lowest BCUT2D eigenvalue weighted by atomic mass is 9.83. The number of nitro groups is 1. The number of carbonyl (C=O) groups excluding carboxylic acids is 1. The zero-order chi connectivity index (χ0) is 16.2. The third-order valence-electron chi connectivity index (χ3n) is 4.29. The minimum Gasteiger partial charge on any atom is -0.459 e. The monoisotopic (exact) mass is 307 g/mol. The molecule has 0 unspecified atom stereocenters. The summed E-state index contributed by atoms with van der Waals surface area (Å²) in [5.74, 6) is 0.103. The number of nitrogens with two attached hydrogens (primary N) is 1. The van der Waals surface area contributed by atoms with Crippen LogP contribution in [0.1, 0.15) is 32.3 Å². The van der Waals surface area contributed by atoms with Crippen LogP contribution in [0.2, 0.25) is 0 Å². The van der Waals surface area contributed by atoms with E-state index in [-0.39, 0.29) is 18.1 Å². The number of esters is 1. The molecule has 2 N–H and O–H groups in total. The summed E-state index contributed by atoms with van der Waals surface area (Å²) >= 11 is 0. The number of non-ortho nitro benzene ring substituents is 1. The molecule has 1 aliphatic heterocycles. The summed E-state index contributed by atoms with van der Waals surface area (Å²) in [7, 11) is 0. The highest BCUT2D eigenvalue weighted by Crippen LogP contribution is 2.28. The van der Waals surface area contributed by atoms with Crippen molar-refractivity contribution in [3.05, 3.63) is 39.9 Å². The van der Waals surface area contributed by atoms with Gasteiger partial charge in [-0.05, 0) is 19.4 Å². The zero-order valence-electron chi connectivity index (χ0n) is 13.1. The maximum Gasteiger partial charge on any atom is 0.310 e. The fraction of sp³-hybridized carbons (Fsp3) is 0.562. The van der Waals surface area contributed by atoms with Crippen molar-refractivity contribution >= 4 is 11.7 Å². The summed E-state index contributed by atoms with van der Waals surface area (Å²) in [5.41, 5.74) is 0.283. The quantitative estimate of drug-likeness (QED) is 0.506. The van der Waals surface area contributed by atoms with Crippen LogP contribution < -0.4 is 5.32 Å². The number of quaternary nitrogens is 1. The first kappa shape index (κ1) is 16.4. The van der Waals surface area contributed by atoms with E-state index in [0.29, 0.717) is 5.92 Å². The fourth-order valence-corrected chi connectivity index (χ4v) is 2.94. The number of hydrogen-bond donors (Lipinski definition) is 1. The summed E-state index contributed by atoms with van der Waals surface area (Å²) in [6, 6.07) is 6.01. The fourth-order valence-electron chi connectivity index (χ4n) is 2.94. The lowest BCUT2D eigenvalue weighted by Gasteiger charge is -2.35. The van der Waals surface area contributed by atoms with Crippen LogP contribution in [0.4, 0.5) is 5.69 Å². The van der Waals surface area contributed by atoms with Gasteiger partial charge in [0.1, 0.15) is 5.60 Å². The van der Waals surface area contributed by atoms with Gasteiger partial charge in [-0.3, -0.25) is 14.9 Å². The Morgan fingerprint density at radius 2 is 1.91 bits per heavy atom. The van der Waals surface area contributed by atoms with E-state index < -0.39 is 10.5 Å². The van der Waals surface area contributed by atoms with Crippen molar-refractivity contribution < 1.29 is 19.8 Å². The van der Waals surface area contributed by atoms with Gasteiger partial charge in [0, 0.05) is 30.9 Å². The molecule has 1 aliphatic rings. The highest BCUT2D eigenvalue weighted by Gasteiger charge is 2.35. The van der Waals surface area contributed by atoms with E-state index in [4.69, 9.17) is 4.74 Å². The minimum atomic E-state index is -0.466. The van der Waals surface area contributed by atoms with Gasteiger partial charge in [-0.2, -0.15) is 0 Å². The maximum absolute atomic E-state index is 12.1. The molecule has 6 nitrogen and oxygen atoms in total. The van der Waals surface area contributed by atoms with E-state index in [2.05, 4.69) is 5.32 Å². The largest absolute Gasteiger partial charge is 0.459 e. The van der Waals surface area contributed by atoms with Gasteiger partial charge in [-0.1, -0.05) is 12.1 Å². The molecule has 1 aromatic carbocycles. The molecular weight excluding hydrogens is 284 g/mol. The number of nitro benzene ring substituents is 1. The van der Waals surface area contributed by atoms with E-state index in [1.165, 1.54) is 12.1 Å². The number of rotatable bonds is 5. The predicted molar refractivity (Wildman–Crippen MR) is 81.4 cm³/mol. The Labute approximate surface area is 130 Å². The highest BCUT2D eigenvalue weighted by atomic mass is 16.6. The molecular formula is C16H23N2O4+. The SMILES string of the molecule is CC(C)(OC(=O)Cc1ccc([N+](=O)[O-])cc1)C1CC[NH2+]CC1. The molecule has 0 bridgehead atoms. The van der Waals surface area contributed by atoms with Crippen LogP contribution in [-0.4, -0.2) is 29.6 Å². The Hall–Kier alpha value is -1.95. The van der Waals surface area contributed by atoms with E-state index in [1.54, 1.807) is 12.1 Å². The molecule has 1 fully saturated rings. The smallest absolute Gasteiger partial charge is 0.310 e. The molecule has 120 valence electrons. The zero-order valence-corrected chi connectivity index (χ0v) is 13.1. The summed E-state index contributed by atoms with van der Waals surface area (Å²) in [4.78, 5) is 22.3. The van der Waals surface area contributed by atoms with Crippen molar-refractivity contribution in [2.75, 3.05) is 13.1 Å². The van der Waals surface area contributed by atoms with Gasteiger partial charge < -0.3 is 10.1 Å². The highest BCUT2D eigenvalue weighted by molar-refractivity contribution is 5.73. The van der Waals surface area contributed by atoms with Crippen molar-refractivity contribution in [3.63, 3.8) is 0 Å². The molecule has 6 heteroatoms. The summed E-state index contributed by atoms with van der Waals surface area (Å²) < 4.78 is 5.67. The number of nitrogens with zero attached hydrogens (tertiary/aromatic N) is 1. The Kier molecular flexibility index (Phi) is 5.13. The first-order valence-corrected chi connectivity index (χ1v) is 7.65. The van der Waals surface area contributed by atoms with Gasteiger partial charge in [-0.15, -0.1) is 0 Å². The van der Waals surface area contributed by atoms with Gasteiger partial charge >= 0.3 is 5.97 Å². The first-order valence-electron chi connectivity index (χ1n) is 7.65. The van der Waals surface area contributed by atoms with Crippen LogP contribution in [0.3, 0.4) is 0 Å². The summed E-state index contributed by atoms with van der Waals surface area (Å²) in [6.45, 7) is 6.09. The van der Waals surface area contributed by atoms with Gasteiger partial charge in [-0.25, -0.2) is 0 Å². The average Bonchev–Trinajstić information content (AvgIpc) is 2.48. The molecule has 1 aromatic rings. The van der Waals surface area contributed by atoms with Crippen molar-refractivity contribution in [2.24, 2.45) is 5.92 Å². The van der Waals surface area contributed by atoms with Crippen molar-refractivity contribution in [3.8, 4) is 0 Å². The first-order chi connectivity index (χ1) is 10.4. The predicted octanol–water partition coefficient (Wildman–Crippen LogP) is 1.43. The second-order valence-corrected chi connectivity index (χ2v) is 6.32. The Balaban J connectivity index is 1.92. The third-order valence-corrected chi connectivity index (χ3v) is 4.29. The second-order valence-electron chi connectivity index (χ2n) is 6.32. The van der Waals surface area contributed by atoms with Gasteiger partial charge in [0.25, 0.3) is 5.69 Å². The molecule has 1 saturated heterocycles. The number of carbonyl (C=O) groups is 1. The third kappa shape index (κ3) is 4.27. The molecule has 0 spiro atoms. The molecule has 0 amide bonds. The maximum atomic E-state index is 12.1. The Morgan fingerprint density at radius 3 is 2.45 bits per heavy atom. The van der Waals surface area contributed by atoms with Gasteiger partial charge in [0.2, 0.25) is 0 Å². The average molecular weight is 307 g/mol. The molecule has 0 atom stereocenters. The van der Waals surface area contributed by atoms with Crippen molar-refractivity contribution in [1.82, 2.24) is 0 Å². The summed E-state index contributed by atoms with van der Waals surface area (Å²) in [5, 5.41) is 12.9. The number of ether oxygens (including phenoxy) is 1.